The van der Waals surface area contributed by atoms with Crippen LogP contribution >= 0.6 is 27.5 Å². The fourth-order valence-electron chi connectivity index (χ4n) is 2.02. The molecule has 0 radical (unpaired) electrons. The van der Waals surface area contributed by atoms with Crippen molar-refractivity contribution in [1.29, 1.82) is 0 Å². The van der Waals surface area contributed by atoms with Crippen molar-refractivity contribution >= 4 is 45.0 Å². The summed E-state index contributed by atoms with van der Waals surface area (Å²) in [4.78, 5) is 33.6. The number of imide groups is 1. The van der Waals surface area contributed by atoms with Gasteiger partial charge in [0, 0.05) is 10.5 Å². The summed E-state index contributed by atoms with van der Waals surface area (Å²) in [5, 5.41) is 12.0. The molecular formula is C11H8BrClN2O4. The molecular weight excluding hydrogens is 339 g/mol. The Labute approximate surface area is 121 Å². The highest BCUT2D eigenvalue weighted by Crippen LogP contribution is 2.40. The summed E-state index contributed by atoms with van der Waals surface area (Å²) in [7, 11) is 0. The van der Waals surface area contributed by atoms with Crippen molar-refractivity contribution in [2.45, 2.75) is 18.2 Å². The number of aryl methyl sites for hydroxylation is 1. The Bertz CT molecular complexity index is 605. The molecule has 1 fully saturated rings. The average molecular weight is 348 g/mol. The first-order chi connectivity index (χ1) is 8.82. The largest absolute Gasteiger partial charge is 0.295 e. The average Bonchev–Trinajstić information content (AvgIpc) is 2.53. The van der Waals surface area contributed by atoms with Crippen molar-refractivity contribution in [1.82, 2.24) is 5.32 Å². The smallest absolute Gasteiger partial charge is 0.274 e. The lowest BCUT2D eigenvalue weighted by molar-refractivity contribution is -0.385. The van der Waals surface area contributed by atoms with Crippen LogP contribution in [0, 0.1) is 17.0 Å². The normalized spacial score (nSPS) is 22.5. The summed E-state index contributed by atoms with van der Waals surface area (Å²) in [5.41, 5.74) is 0.560. The van der Waals surface area contributed by atoms with Crippen molar-refractivity contribution in [2.24, 2.45) is 0 Å². The summed E-state index contributed by atoms with van der Waals surface area (Å²) in [5.74, 6) is -2.33. The van der Waals surface area contributed by atoms with E-state index in [2.05, 4.69) is 21.2 Å². The van der Waals surface area contributed by atoms with Crippen LogP contribution in [0.3, 0.4) is 0 Å². The molecule has 0 bridgehead atoms. The number of carbonyl (C=O) groups is 2. The van der Waals surface area contributed by atoms with Gasteiger partial charge in [0.1, 0.15) is 5.38 Å². The Morgan fingerprint density at radius 2 is 2.00 bits per heavy atom. The van der Waals surface area contributed by atoms with E-state index in [9.17, 15) is 19.7 Å². The second-order valence-electron chi connectivity index (χ2n) is 4.17. The molecule has 6 nitrogen and oxygen atoms in total. The van der Waals surface area contributed by atoms with E-state index in [1.165, 1.54) is 6.07 Å². The number of benzene rings is 1. The summed E-state index contributed by atoms with van der Waals surface area (Å²) in [6, 6.07) is 2.99. The number of alkyl halides is 1. The Morgan fingerprint density at radius 3 is 2.47 bits per heavy atom. The summed E-state index contributed by atoms with van der Waals surface area (Å²) in [6.07, 6.45) is 0. The maximum absolute atomic E-state index is 11.7. The molecule has 2 atom stereocenters. The molecule has 1 heterocycles. The minimum atomic E-state index is -1.15. The van der Waals surface area contributed by atoms with Crippen molar-refractivity contribution in [3.63, 3.8) is 0 Å². The minimum Gasteiger partial charge on any atom is -0.295 e. The Hall–Kier alpha value is -1.47. The molecule has 2 amide bonds. The van der Waals surface area contributed by atoms with Crippen molar-refractivity contribution < 1.29 is 14.5 Å². The predicted octanol–water partition coefficient (Wildman–Crippen LogP) is 2.01. The zero-order chi connectivity index (χ0) is 14.3. The van der Waals surface area contributed by atoms with Crippen LogP contribution in [0.1, 0.15) is 17.0 Å². The van der Waals surface area contributed by atoms with Gasteiger partial charge in [-0.05, 0) is 18.6 Å². The number of rotatable bonds is 2. The van der Waals surface area contributed by atoms with E-state index in [0.717, 1.165) is 0 Å². The first-order valence-corrected chi connectivity index (χ1v) is 6.49. The number of nitrogens with one attached hydrogen (secondary N) is 1. The maximum atomic E-state index is 11.7. The van der Waals surface area contributed by atoms with Crippen molar-refractivity contribution in [3.8, 4) is 0 Å². The molecule has 1 aliphatic rings. The number of halogens is 2. The van der Waals surface area contributed by atoms with Crippen LogP contribution in [-0.4, -0.2) is 22.1 Å². The summed E-state index contributed by atoms with van der Waals surface area (Å²) < 4.78 is 0.389. The summed E-state index contributed by atoms with van der Waals surface area (Å²) >= 11 is 9.07. The van der Waals surface area contributed by atoms with Gasteiger partial charge in [-0.25, -0.2) is 0 Å². The van der Waals surface area contributed by atoms with Gasteiger partial charge >= 0.3 is 0 Å². The second kappa shape index (κ2) is 4.90. The molecule has 1 aromatic carbocycles. The summed E-state index contributed by atoms with van der Waals surface area (Å²) in [6.45, 7) is 1.69. The number of hydrogen-bond donors (Lipinski definition) is 1. The molecule has 100 valence electrons. The van der Waals surface area contributed by atoms with Gasteiger partial charge in [0.25, 0.3) is 5.69 Å². The molecule has 1 aromatic rings. The Balaban J connectivity index is 2.65. The lowest BCUT2D eigenvalue weighted by atomic mass is 9.94. The number of amides is 2. The van der Waals surface area contributed by atoms with E-state index in [0.29, 0.717) is 10.0 Å². The second-order valence-corrected chi connectivity index (χ2v) is 5.49. The number of nitro benzene ring substituents is 1. The molecule has 19 heavy (non-hydrogen) atoms. The van der Waals surface area contributed by atoms with Gasteiger partial charge in [-0.1, -0.05) is 15.9 Å². The van der Waals surface area contributed by atoms with Crippen LogP contribution in [0.2, 0.25) is 0 Å². The van der Waals surface area contributed by atoms with Crippen molar-refractivity contribution in [2.75, 3.05) is 0 Å². The fourth-order valence-corrected chi connectivity index (χ4v) is 3.13. The van der Waals surface area contributed by atoms with Crippen LogP contribution in [0.25, 0.3) is 0 Å². The standard InChI is InChI=1S/C11H8BrClN2O4/c1-4-2-5(12)7(6(3-4)15(18)19)8-9(13)11(17)14-10(8)16/h2-3,8-9H,1H3,(H,14,16,17). The van der Waals surface area contributed by atoms with Crippen LogP contribution in [0.5, 0.6) is 0 Å². The van der Waals surface area contributed by atoms with E-state index in [4.69, 9.17) is 11.6 Å². The fraction of sp³-hybridized carbons (Fsp3) is 0.273. The van der Waals surface area contributed by atoms with Gasteiger partial charge in [-0.15, -0.1) is 11.6 Å². The molecule has 8 heteroatoms. The van der Waals surface area contributed by atoms with Gasteiger partial charge in [0.15, 0.2) is 0 Å². The quantitative estimate of drug-likeness (QED) is 0.383. The van der Waals surface area contributed by atoms with E-state index in [1.807, 2.05) is 0 Å². The van der Waals surface area contributed by atoms with Gasteiger partial charge < -0.3 is 0 Å². The van der Waals surface area contributed by atoms with Crippen LogP contribution in [-0.2, 0) is 9.59 Å². The highest BCUT2D eigenvalue weighted by atomic mass is 79.9. The SMILES string of the molecule is Cc1cc(Br)c(C2C(=O)NC(=O)C2Cl)c([N+](=O)[O-])c1. The zero-order valence-corrected chi connectivity index (χ0v) is 12.0. The highest BCUT2D eigenvalue weighted by Gasteiger charge is 2.45. The first-order valence-electron chi connectivity index (χ1n) is 5.26. The van der Waals surface area contributed by atoms with Crippen molar-refractivity contribution in [3.05, 3.63) is 37.8 Å². The van der Waals surface area contributed by atoms with Gasteiger partial charge in [0.2, 0.25) is 11.8 Å². The number of nitro groups is 1. The van der Waals surface area contributed by atoms with Gasteiger partial charge in [-0.2, -0.15) is 0 Å². The molecule has 0 saturated carbocycles. The molecule has 0 spiro atoms. The highest BCUT2D eigenvalue weighted by molar-refractivity contribution is 9.10. The molecule has 1 saturated heterocycles. The zero-order valence-electron chi connectivity index (χ0n) is 9.65. The molecule has 0 aliphatic carbocycles. The molecule has 2 unspecified atom stereocenters. The molecule has 0 aromatic heterocycles. The molecule has 1 aliphatic heterocycles. The van der Waals surface area contributed by atoms with E-state index >= 15 is 0 Å². The third-order valence-electron chi connectivity index (χ3n) is 2.83. The Morgan fingerprint density at radius 1 is 1.37 bits per heavy atom. The molecule has 1 N–H and O–H groups in total. The number of hydrogen-bond acceptors (Lipinski definition) is 4. The third-order valence-corrected chi connectivity index (χ3v) is 3.94. The minimum absolute atomic E-state index is 0.124. The number of nitrogens with zero attached hydrogens (tertiary/aromatic N) is 1. The monoisotopic (exact) mass is 346 g/mol. The predicted molar refractivity (Wildman–Crippen MR) is 71.1 cm³/mol. The van der Waals surface area contributed by atoms with E-state index in [-0.39, 0.29) is 11.3 Å². The topological polar surface area (TPSA) is 89.3 Å². The lowest BCUT2D eigenvalue weighted by Crippen LogP contribution is -2.22. The third kappa shape index (κ3) is 2.35. The van der Waals surface area contributed by atoms with E-state index < -0.39 is 28.0 Å². The van der Waals surface area contributed by atoms with Gasteiger partial charge in [-0.3, -0.25) is 25.0 Å². The van der Waals surface area contributed by atoms with Crippen LogP contribution in [0.4, 0.5) is 5.69 Å². The van der Waals surface area contributed by atoms with E-state index in [1.54, 1.807) is 13.0 Å². The molecule has 2 rings (SSSR count). The van der Waals surface area contributed by atoms with Gasteiger partial charge in [0.05, 0.1) is 16.4 Å². The first kappa shape index (κ1) is 14.0. The van der Waals surface area contributed by atoms with Crippen LogP contribution < -0.4 is 5.32 Å². The Kier molecular flexibility index (Phi) is 3.60. The number of carbonyl (C=O) groups excluding carboxylic acids is 2. The maximum Gasteiger partial charge on any atom is 0.274 e. The lowest BCUT2D eigenvalue weighted by Gasteiger charge is -2.13. The van der Waals surface area contributed by atoms with Crippen LogP contribution in [0.15, 0.2) is 16.6 Å².